The van der Waals surface area contributed by atoms with Crippen molar-refractivity contribution in [2.24, 2.45) is 0 Å². The van der Waals surface area contributed by atoms with E-state index in [1.165, 1.54) is 31.1 Å². The Morgan fingerprint density at radius 2 is 2.09 bits per heavy atom. The molecular formula is C19H22N4. The van der Waals surface area contributed by atoms with Gasteiger partial charge in [0.25, 0.3) is 0 Å². The Kier molecular flexibility index (Phi) is 4.07. The average Bonchev–Trinajstić information content (AvgIpc) is 2.89. The van der Waals surface area contributed by atoms with Gasteiger partial charge in [0.1, 0.15) is 5.82 Å². The minimum absolute atomic E-state index is 0.545. The lowest BCUT2D eigenvalue weighted by atomic mass is 10.1. The summed E-state index contributed by atoms with van der Waals surface area (Å²) in [6.07, 6.45) is 11.0. The van der Waals surface area contributed by atoms with Crippen LogP contribution in [-0.4, -0.2) is 27.1 Å². The van der Waals surface area contributed by atoms with E-state index in [9.17, 15) is 0 Å². The van der Waals surface area contributed by atoms with Crippen LogP contribution in [0.5, 0.6) is 0 Å². The van der Waals surface area contributed by atoms with E-state index < -0.39 is 0 Å². The van der Waals surface area contributed by atoms with Gasteiger partial charge in [-0.15, -0.1) is 0 Å². The largest absolute Gasteiger partial charge is 0.329 e. The third kappa shape index (κ3) is 3.13. The van der Waals surface area contributed by atoms with Crippen LogP contribution >= 0.6 is 0 Å². The lowest BCUT2D eigenvalue weighted by Crippen LogP contribution is -2.32. The highest BCUT2D eigenvalue weighted by atomic mass is 15.1. The van der Waals surface area contributed by atoms with Crippen molar-refractivity contribution in [3.63, 3.8) is 0 Å². The number of imidazole rings is 1. The first-order valence-electron chi connectivity index (χ1n) is 8.50. The second-order valence-corrected chi connectivity index (χ2v) is 6.31. The van der Waals surface area contributed by atoms with Crippen LogP contribution in [0.25, 0.3) is 22.3 Å². The number of benzene rings is 1. The maximum atomic E-state index is 4.59. The summed E-state index contributed by atoms with van der Waals surface area (Å²) in [6, 6.07) is 11.0. The van der Waals surface area contributed by atoms with E-state index in [1.807, 2.05) is 18.5 Å². The standard InChI is InChI=1S/C19H22N4/c1-2-6-17(20-9-3-1)14-23-12-11-22-19(23)16-8-7-15-5-4-10-21-18(15)13-16/h4-5,7-8,10-13,17,20H,1-3,6,9,14H2. The number of fused-ring (bicyclic) bond motifs is 1. The molecule has 1 aliphatic rings. The van der Waals surface area contributed by atoms with Crippen molar-refractivity contribution in [2.45, 2.75) is 38.3 Å². The van der Waals surface area contributed by atoms with Gasteiger partial charge in [-0.25, -0.2) is 4.98 Å². The van der Waals surface area contributed by atoms with Gasteiger partial charge in [0.2, 0.25) is 0 Å². The number of hydrogen-bond donors (Lipinski definition) is 1. The van der Waals surface area contributed by atoms with Crippen molar-refractivity contribution >= 4 is 10.9 Å². The van der Waals surface area contributed by atoms with E-state index in [0.29, 0.717) is 6.04 Å². The maximum absolute atomic E-state index is 4.59. The van der Waals surface area contributed by atoms with Crippen molar-refractivity contribution in [3.05, 3.63) is 48.9 Å². The molecule has 1 atom stereocenters. The fraction of sp³-hybridized carbons (Fsp3) is 0.368. The van der Waals surface area contributed by atoms with Gasteiger partial charge in [0.05, 0.1) is 5.52 Å². The van der Waals surface area contributed by atoms with Crippen molar-refractivity contribution in [2.75, 3.05) is 6.54 Å². The number of nitrogens with zero attached hydrogens (tertiary/aromatic N) is 3. The summed E-state index contributed by atoms with van der Waals surface area (Å²) in [5.41, 5.74) is 2.15. The molecule has 1 aromatic carbocycles. The molecule has 0 amide bonds. The fourth-order valence-electron chi connectivity index (χ4n) is 3.42. The average molecular weight is 306 g/mol. The van der Waals surface area contributed by atoms with Crippen LogP contribution in [0.2, 0.25) is 0 Å². The Bertz CT molecular complexity index is 785. The molecule has 3 aromatic rings. The van der Waals surface area contributed by atoms with Crippen LogP contribution in [0.4, 0.5) is 0 Å². The number of aromatic nitrogens is 3. The molecule has 1 N–H and O–H groups in total. The van der Waals surface area contributed by atoms with E-state index >= 15 is 0 Å². The summed E-state index contributed by atoms with van der Waals surface area (Å²) in [5.74, 6) is 1.03. The van der Waals surface area contributed by atoms with Crippen LogP contribution in [0.1, 0.15) is 25.7 Å². The van der Waals surface area contributed by atoms with E-state index in [0.717, 1.165) is 30.0 Å². The minimum atomic E-state index is 0.545. The number of rotatable bonds is 3. The molecule has 2 aromatic heterocycles. The molecule has 1 unspecified atom stereocenters. The highest BCUT2D eigenvalue weighted by Crippen LogP contribution is 2.23. The number of hydrogen-bond acceptors (Lipinski definition) is 3. The molecular weight excluding hydrogens is 284 g/mol. The predicted octanol–water partition coefficient (Wildman–Crippen LogP) is 3.63. The van der Waals surface area contributed by atoms with Crippen LogP contribution in [0, 0.1) is 0 Å². The Hall–Kier alpha value is -2.20. The molecule has 0 radical (unpaired) electrons. The smallest absolute Gasteiger partial charge is 0.140 e. The van der Waals surface area contributed by atoms with E-state index in [1.54, 1.807) is 0 Å². The molecule has 0 spiro atoms. The van der Waals surface area contributed by atoms with Gasteiger partial charge in [0, 0.05) is 42.1 Å². The third-order valence-corrected chi connectivity index (χ3v) is 4.66. The van der Waals surface area contributed by atoms with Crippen LogP contribution in [0.15, 0.2) is 48.9 Å². The van der Waals surface area contributed by atoms with E-state index in [-0.39, 0.29) is 0 Å². The quantitative estimate of drug-likeness (QED) is 0.803. The molecule has 0 bridgehead atoms. The highest BCUT2D eigenvalue weighted by Gasteiger charge is 2.14. The molecule has 3 heterocycles. The van der Waals surface area contributed by atoms with Crippen molar-refractivity contribution in [3.8, 4) is 11.4 Å². The van der Waals surface area contributed by atoms with Gasteiger partial charge in [-0.3, -0.25) is 4.98 Å². The van der Waals surface area contributed by atoms with Gasteiger partial charge in [-0.1, -0.05) is 31.0 Å². The molecule has 1 aliphatic heterocycles. The van der Waals surface area contributed by atoms with Crippen LogP contribution < -0.4 is 5.32 Å². The molecule has 4 rings (SSSR count). The second kappa shape index (κ2) is 6.50. The Balaban J connectivity index is 1.62. The normalized spacial score (nSPS) is 18.9. The summed E-state index contributed by atoms with van der Waals surface area (Å²) >= 11 is 0. The summed E-state index contributed by atoms with van der Waals surface area (Å²) in [5, 5.41) is 4.83. The summed E-state index contributed by atoms with van der Waals surface area (Å²) < 4.78 is 2.27. The van der Waals surface area contributed by atoms with Gasteiger partial charge < -0.3 is 9.88 Å². The zero-order valence-electron chi connectivity index (χ0n) is 13.3. The summed E-state index contributed by atoms with van der Waals surface area (Å²) in [7, 11) is 0. The molecule has 1 saturated heterocycles. The summed E-state index contributed by atoms with van der Waals surface area (Å²) in [6.45, 7) is 2.12. The Morgan fingerprint density at radius 3 is 3.09 bits per heavy atom. The van der Waals surface area contributed by atoms with Gasteiger partial charge in [-0.2, -0.15) is 0 Å². The topological polar surface area (TPSA) is 42.7 Å². The molecule has 0 aliphatic carbocycles. The minimum Gasteiger partial charge on any atom is -0.329 e. The van der Waals surface area contributed by atoms with Crippen LogP contribution in [0.3, 0.4) is 0 Å². The third-order valence-electron chi connectivity index (χ3n) is 4.66. The zero-order chi connectivity index (χ0) is 15.5. The first-order chi connectivity index (χ1) is 11.4. The highest BCUT2D eigenvalue weighted by molar-refractivity contribution is 5.82. The van der Waals surface area contributed by atoms with Crippen molar-refractivity contribution < 1.29 is 0 Å². The molecule has 23 heavy (non-hydrogen) atoms. The Labute approximate surface area is 136 Å². The van der Waals surface area contributed by atoms with E-state index in [4.69, 9.17) is 0 Å². The Morgan fingerprint density at radius 1 is 1.09 bits per heavy atom. The lowest BCUT2D eigenvalue weighted by Gasteiger charge is -2.18. The fourth-order valence-corrected chi connectivity index (χ4v) is 3.42. The summed E-state index contributed by atoms with van der Waals surface area (Å²) in [4.78, 5) is 9.05. The lowest BCUT2D eigenvalue weighted by molar-refractivity contribution is 0.446. The zero-order valence-corrected chi connectivity index (χ0v) is 13.3. The van der Waals surface area contributed by atoms with Crippen LogP contribution in [-0.2, 0) is 6.54 Å². The van der Waals surface area contributed by atoms with Crippen molar-refractivity contribution in [1.82, 2.24) is 19.9 Å². The van der Waals surface area contributed by atoms with Gasteiger partial charge in [0.15, 0.2) is 0 Å². The molecule has 118 valence electrons. The van der Waals surface area contributed by atoms with Gasteiger partial charge in [-0.05, 0) is 31.5 Å². The van der Waals surface area contributed by atoms with Crippen molar-refractivity contribution in [1.29, 1.82) is 0 Å². The second-order valence-electron chi connectivity index (χ2n) is 6.31. The molecule has 1 fully saturated rings. The van der Waals surface area contributed by atoms with E-state index in [2.05, 4.69) is 50.3 Å². The van der Waals surface area contributed by atoms with Gasteiger partial charge >= 0.3 is 0 Å². The molecule has 0 saturated carbocycles. The monoisotopic (exact) mass is 306 g/mol. The SMILES string of the molecule is c1cnc2cc(-c3nccn3CC3CCCCCN3)ccc2c1. The predicted molar refractivity (Wildman–Crippen MR) is 93.2 cm³/mol. The number of pyridine rings is 1. The molecule has 4 heteroatoms. The maximum Gasteiger partial charge on any atom is 0.140 e. The molecule has 4 nitrogen and oxygen atoms in total. The first kappa shape index (κ1) is 14.4. The number of nitrogens with one attached hydrogen (secondary N) is 1. The first-order valence-corrected chi connectivity index (χ1v) is 8.50.